The number of nitrogens with one attached hydrogen (secondary N) is 3. The Morgan fingerprint density at radius 2 is 1.67 bits per heavy atom. The Labute approximate surface area is 191 Å². The topological polar surface area (TPSA) is 109 Å². The number of nitrogens with zero attached hydrogens (tertiary/aromatic N) is 1. The summed E-state index contributed by atoms with van der Waals surface area (Å²) in [5.74, 6) is -0.516. The molecule has 1 aliphatic rings. The fraction of sp³-hybridized carbons (Fsp3) is 0.280. The molecule has 4 rings (SSSR count). The van der Waals surface area contributed by atoms with Crippen LogP contribution in [0.3, 0.4) is 0 Å². The SMILES string of the molecule is CC(=O)Nc1ccc(C(=O)Nc2cccnc2C(=O)NCC2CCOCC2)c2ccccc12. The first-order chi connectivity index (χ1) is 16.0. The number of pyridine rings is 1. The third-order valence-corrected chi connectivity index (χ3v) is 5.64. The van der Waals surface area contributed by atoms with E-state index in [9.17, 15) is 14.4 Å². The van der Waals surface area contributed by atoms with Crippen molar-refractivity contribution in [3.05, 3.63) is 66.0 Å². The zero-order valence-electron chi connectivity index (χ0n) is 18.4. The van der Waals surface area contributed by atoms with Gasteiger partial charge in [0.15, 0.2) is 5.69 Å². The van der Waals surface area contributed by atoms with Crippen LogP contribution >= 0.6 is 0 Å². The summed E-state index contributed by atoms with van der Waals surface area (Å²) in [6, 6.07) is 14.0. The predicted octanol–water partition coefficient (Wildman–Crippen LogP) is 3.60. The lowest BCUT2D eigenvalue weighted by atomic mass is 10.0. The molecule has 33 heavy (non-hydrogen) atoms. The van der Waals surface area contributed by atoms with Gasteiger partial charge in [-0.15, -0.1) is 0 Å². The minimum atomic E-state index is -0.368. The average molecular weight is 447 g/mol. The number of ether oxygens (including phenoxy) is 1. The predicted molar refractivity (Wildman–Crippen MR) is 126 cm³/mol. The van der Waals surface area contributed by atoms with Gasteiger partial charge in [0.1, 0.15) is 0 Å². The van der Waals surface area contributed by atoms with E-state index in [0.29, 0.717) is 48.0 Å². The number of hydrogen-bond acceptors (Lipinski definition) is 5. The Kier molecular flexibility index (Phi) is 6.95. The van der Waals surface area contributed by atoms with Crippen LogP contribution in [0.2, 0.25) is 0 Å². The Hall–Kier alpha value is -3.78. The molecule has 8 heteroatoms. The minimum absolute atomic E-state index is 0.164. The van der Waals surface area contributed by atoms with E-state index in [1.54, 1.807) is 24.3 Å². The maximum Gasteiger partial charge on any atom is 0.272 e. The van der Waals surface area contributed by atoms with Gasteiger partial charge < -0.3 is 20.7 Å². The molecule has 0 spiro atoms. The van der Waals surface area contributed by atoms with Crippen molar-refractivity contribution in [3.8, 4) is 0 Å². The van der Waals surface area contributed by atoms with Crippen molar-refractivity contribution in [3.63, 3.8) is 0 Å². The van der Waals surface area contributed by atoms with Gasteiger partial charge in [0.2, 0.25) is 5.91 Å². The van der Waals surface area contributed by atoms with Crippen LogP contribution in [0.15, 0.2) is 54.7 Å². The standard InChI is InChI=1S/C25H26N4O4/c1-16(30)28-21-9-8-20(18-5-2-3-6-19(18)21)24(31)29-22-7-4-12-26-23(22)25(32)27-15-17-10-13-33-14-11-17/h2-9,12,17H,10-11,13-15H2,1H3,(H,27,32)(H,28,30)(H,29,31). The zero-order chi connectivity index (χ0) is 23.2. The van der Waals surface area contributed by atoms with Gasteiger partial charge in [-0.25, -0.2) is 4.98 Å². The Morgan fingerprint density at radius 1 is 0.909 bits per heavy atom. The van der Waals surface area contributed by atoms with Crippen LogP contribution in [0.5, 0.6) is 0 Å². The largest absolute Gasteiger partial charge is 0.381 e. The Bertz CT molecular complexity index is 1190. The lowest BCUT2D eigenvalue weighted by molar-refractivity contribution is -0.114. The highest BCUT2D eigenvalue weighted by Gasteiger charge is 2.20. The monoisotopic (exact) mass is 446 g/mol. The van der Waals surface area contributed by atoms with Crippen molar-refractivity contribution < 1.29 is 19.1 Å². The number of rotatable bonds is 6. The maximum atomic E-state index is 13.2. The molecule has 2 aromatic carbocycles. The van der Waals surface area contributed by atoms with Gasteiger partial charge in [-0.05, 0) is 48.4 Å². The maximum absolute atomic E-state index is 13.2. The van der Waals surface area contributed by atoms with Gasteiger partial charge in [-0.3, -0.25) is 14.4 Å². The van der Waals surface area contributed by atoms with E-state index in [0.717, 1.165) is 18.2 Å². The van der Waals surface area contributed by atoms with Crippen LogP contribution in [0, 0.1) is 5.92 Å². The van der Waals surface area contributed by atoms with Crippen LogP contribution < -0.4 is 16.0 Å². The van der Waals surface area contributed by atoms with Crippen LogP contribution in [-0.2, 0) is 9.53 Å². The molecule has 1 fully saturated rings. The van der Waals surface area contributed by atoms with E-state index < -0.39 is 0 Å². The highest BCUT2D eigenvalue weighted by Crippen LogP contribution is 2.28. The molecule has 0 aliphatic carbocycles. The molecule has 1 aliphatic heterocycles. The fourth-order valence-corrected chi connectivity index (χ4v) is 3.94. The molecule has 3 aromatic rings. The number of anilines is 2. The summed E-state index contributed by atoms with van der Waals surface area (Å²) in [4.78, 5) is 41.7. The molecule has 0 radical (unpaired) electrons. The lowest BCUT2D eigenvalue weighted by Crippen LogP contribution is -2.33. The minimum Gasteiger partial charge on any atom is -0.381 e. The van der Waals surface area contributed by atoms with E-state index in [2.05, 4.69) is 20.9 Å². The van der Waals surface area contributed by atoms with E-state index in [1.807, 2.05) is 24.3 Å². The number of carbonyl (C=O) groups is 3. The number of hydrogen-bond donors (Lipinski definition) is 3. The highest BCUT2D eigenvalue weighted by atomic mass is 16.5. The summed E-state index contributed by atoms with van der Waals surface area (Å²) in [6.45, 7) is 3.40. The molecule has 0 bridgehead atoms. The summed E-state index contributed by atoms with van der Waals surface area (Å²) in [5.41, 5.74) is 1.56. The van der Waals surface area contributed by atoms with Crippen LogP contribution in [0.25, 0.3) is 10.8 Å². The molecule has 1 aromatic heterocycles. The quantitative estimate of drug-likeness (QED) is 0.536. The number of fused-ring (bicyclic) bond motifs is 1. The summed E-state index contributed by atoms with van der Waals surface area (Å²) in [6.07, 6.45) is 3.35. The van der Waals surface area contributed by atoms with Crippen LogP contribution in [0.1, 0.15) is 40.6 Å². The molecule has 170 valence electrons. The first kappa shape index (κ1) is 22.4. The van der Waals surface area contributed by atoms with Gasteiger partial charge in [0.05, 0.1) is 5.69 Å². The van der Waals surface area contributed by atoms with Gasteiger partial charge in [-0.2, -0.15) is 0 Å². The molecule has 0 unspecified atom stereocenters. The van der Waals surface area contributed by atoms with Crippen molar-refractivity contribution in [2.24, 2.45) is 5.92 Å². The molecule has 0 saturated carbocycles. The second kappa shape index (κ2) is 10.2. The third-order valence-electron chi connectivity index (χ3n) is 5.64. The summed E-state index contributed by atoms with van der Waals surface area (Å²) >= 11 is 0. The molecule has 2 heterocycles. The molecular formula is C25H26N4O4. The van der Waals surface area contributed by atoms with Crippen molar-refractivity contribution in [1.82, 2.24) is 10.3 Å². The highest BCUT2D eigenvalue weighted by molar-refractivity contribution is 6.17. The molecule has 0 atom stereocenters. The molecule has 8 nitrogen and oxygen atoms in total. The normalized spacial score (nSPS) is 14.0. The average Bonchev–Trinajstić information content (AvgIpc) is 2.83. The van der Waals surface area contributed by atoms with E-state index in [4.69, 9.17) is 4.74 Å². The Balaban J connectivity index is 1.54. The Morgan fingerprint density at radius 3 is 2.42 bits per heavy atom. The zero-order valence-corrected chi connectivity index (χ0v) is 18.4. The summed E-state index contributed by atoms with van der Waals surface area (Å²) in [5, 5.41) is 9.99. The first-order valence-corrected chi connectivity index (χ1v) is 10.9. The number of benzene rings is 2. The van der Waals surface area contributed by atoms with Crippen LogP contribution in [0.4, 0.5) is 11.4 Å². The second-order valence-electron chi connectivity index (χ2n) is 8.01. The molecular weight excluding hydrogens is 420 g/mol. The number of carbonyl (C=O) groups excluding carboxylic acids is 3. The lowest BCUT2D eigenvalue weighted by Gasteiger charge is -2.22. The molecule has 3 amide bonds. The van der Waals surface area contributed by atoms with Crippen molar-refractivity contribution in [2.75, 3.05) is 30.4 Å². The van der Waals surface area contributed by atoms with Crippen molar-refractivity contribution >= 4 is 39.9 Å². The van der Waals surface area contributed by atoms with Gasteiger partial charge in [-0.1, -0.05) is 24.3 Å². The van der Waals surface area contributed by atoms with Gasteiger partial charge in [0.25, 0.3) is 11.8 Å². The summed E-state index contributed by atoms with van der Waals surface area (Å²) in [7, 11) is 0. The van der Waals surface area contributed by atoms with Crippen LogP contribution in [-0.4, -0.2) is 42.5 Å². The van der Waals surface area contributed by atoms with Crippen molar-refractivity contribution in [2.45, 2.75) is 19.8 Å². The van der Waals surface area contributed by atoms with Gasteiger partial charge in [0, 0.05) is 49.5 Å². The first-order valence-electron chi connectivity index (χ1n) is 10.9. The van der Waals surface area contributed by atoms with Gasteiger partial charge >= 0.3 is 0 Å². The third kappa shape index (κ3) is 5.35. The van der Waals surface area contributed by atoms with E-state index >= 15 is 0 Å². The number of aromatic nitrogens is 1. The fourth-order valence-electron chi connectivity index (χ4n) is 3.94. The van der Waals surface area contributed by atoms with E-state index in [-0.39, 0.29) is 23.4 Å². The van der Waals surface area contributed by atoms with Crippen molar-refractivity contribution in [1.29, 1.82) is 0 Å². The molecule has 3 N–H and O–H groups in total. The smallest absolute Gasteiger partial charge is 0.272 e. The summed E-state index contributed by atoms with van der Waals surface area (Å²) < 4.78 is 5.36. The second-order valence-corrected chi connectivity index (χ2v) is 8.01. The number of amides is 3. The van der Waals surface area contributed by atoms with E-state index in [1.165, 1.54) is 13.1 Å². The molecule has 1 saturated heterocycles.